The van der Waals surface area contributed by atoms with Crippen molar-refractivity contribution in [1.82, 2.24) is 14.8 Å². The van der Waals surface area contributed by atoms with E-state index in [1.165, 1.54) is 30.0 Å². The van der Waals surface area contributed by atoms with E-state index in [1.54, 1.807) is 11.0 Å². The second kappa shape index (κ2) is 6.41. The van der Waals surface area contributed by atoms with Crippen LogP contribution in [0.5, 0.6) is 0 Å². The molecule has 0 saturated heterocycles. The molecule has 0 N–H and O–H groups in total. The summed E-state index contributed by atoms with van der Waals surface area (Å²) in [7, 11) is 0. The van der Waals surface area contributed by atoms with E-state index in [9.17, 15) is 14.9 Å². The molecule has 0 unspecified atom stereocenters. The predicted molar refractivity (Wildman–Crippen MR) is 84.0 cm³/mol. The lowest BCUT2D eigenvalue weighted by Crippen LogP contribution is -1.94. The maximum atomic E-state index is 11.1. The Bertz CT molecular complexity index is 864. The number of nitro benzene ring substituents is 1. The monoisotopic (exact) mass is 326 g/mol. The fraction of sp³-hybridized carbons (Fsp3) is 0. The first-order valence-corrected chi connectivity index (χ1v) is 7.37. The smallest absolute Gasteiger partial charge is 0.270 e. The van der Waals surface area contributed by atoms with Gasteiger partial charge in [-0.15, -0.1) is 5.10 Å². The molecule has 1 aromatic heterocycles. The van der Waals surface area contributed by atoms with Gasteiger partial charge >= 0.3 is 0 Å². The molecule has 0 spiro atoms. The number of hydrogen-bond acceptors (Lipinski definition) is 6. The number of non-ortho nitro benzene ring substituents is 1. The van der Waals surface area contributed by atoms with Gasteiger partial charge in [0.2, 0.25) is 5.16 Å². The molecule has 23 heavy (non-hydrogen) atoms. The lowest BCUT2D eigenvalue weighted by Gasteiger charge is -2.01. The van der Waals surface area contributed by atoms with Gasteiger partial charge in [-0.1, -0.05) is 18.2 Å². The van der Waals surface area contributed by atoms with Crippen LogP contribution < -0.4 is 0 Å². The maximum absolute atomic E-state index is 11.1. The Morgan fingerprint density at radius 2 is 1.96 bits per heavy atom. The number of benzene rings is 2. The van der Waals surface area contributed by atoms with Gasteiger partial charge in [-0.05, 0) is 30.0 Å². The first-order valence-electron chi connectivity index (χ1n) is 6.56. The van der Waals surface area contributed by atoms with Crippen molar-refractivity contribution in [1.29, 1.82) is 0 Å². The largest absolute Gasteiger partial charge is 0.298 e. The lowest BCUT2D eigenvalue weighted by molar-refractivity contribution is -0.384. The van der Waals surface area contributed by atoms with E-state index in [2.05, 4.69) is 10.1 Å². The fourth-order valence-electron chi connectivity index (χ4n) is 1.93. The minimum atomic E-state index is -0.538. The second-order valence-electron chi connectivity index (χ2n) is 4.51. The molecule has 0 aliphatic rings. The van der Waals surface area contributed by atoms with E-state index in [0.717, 1.165) is 5.69 Å². The molecular formula is C15H10N4O3S. The Hall–Kier alpha value is -3.00. The Kier molecular flexibility index (Phi) is 4.15. The van der Waals surface area contributed by atoms with Crippen LogP contribution in [0.1, 0.15) is 10.4 Å². The summed E-state index contributed by atoms with van der Waals surface area (Å²) in [5.74, 6) is 0. The van der Waals surface area contributed by atoms with E-state index in [0.29, 0.717) is 16.3 Å². The van der Waals surface area contributed by atoms with Crippen LogP contribution in [0, 0.1) is 10.1 Å². The summed E-state index contributed by atoms with van der Waals surface area (Å²) in [6.45, 7) is 0. The third-order valence-electron chi connectivity index (χ3n) is 3.02. The van der Waals surface area contributed by atoms with E-state index in [4.69, 9.17) is 0 Å². The van der Waals surface area contributed by atoms with Crippen LogP contribution in [-0.4, -0.2) is 26.0 Å². The van der Waals surface area contributed by atoms with Crippen LogP contribution in [0.2, 0.25) is 0 Å². The van der Waals surface area contributed by atoms with E-state index in [1.807, 2.05) is 30.3 Å². The molecule has 7 nitrogen and oxygen atoms in total. The summed E-state index contributed by atoms with van der Waals surface area (Å²) in [6.07, 6.45) is 2.16. The molecule has 114 valence electrons. The standard InChI is InChI=1S/C15H10N4O3S/c20-9-11-8-13(19(21)22)6-7-14(11)23-15-16-10-18(17-15)12-4-2-1-3-5-12/h1-10H. The van der Waals surface area contributed by atoms with E-state index < -0.39 is 4.92 Å². The number of hydrogen-bond donors (Lipinski definition) is 0. The molecule has 0 amide bonds. The van der Waals surface area contributed by atoms with Crippen LogP contribution >= 0.6 is 11.8 Å². The summed E-state index contributed by atoms with van der Waals surface area (Å²) in [5, 5.41) is 15.5. The van der Waals surface area contributed by atoms with Crippen molar-refractivity contribution < 1.29 is 9.72 Å². The highest BCUT2D eigenvalue weighted by molar-refractivity contribution is 7.99. The first kappa shape index (κ1) is 14.9. The van der Waals surface area contributed by atoms with Crippen molar-refractivity contribution >= 4 is 23.7 Å². The van der Waals surface area contributed by atoms with Gasteiger partial charge in [0.05, 0.1) is 10.6 Å². The normalized spacial score (nSPS) is 10.4. The third kappa shape index (κ3) is 3.27. The second-order valence-corrected chi connectivity index (χ2v) is 5.52. The van der Waals surface area contributed by atoms with Crippen molar-refractivity contribution in [2.75, 3.05) is 0 Å². The van der Waals surface area contributed by atoms with Crippen molar-refractivity contribution in [2.24, 2.45) is 0 Å². The molecule has 0 aliphatic heterocycles. The topological polar surface area (TPSA) is 90.9 Å². The highest BCUT2D eigenvalue weighted by Gasteiger charge is 2.13. The summed E-state index contributed by atoms with van der Waals surface area (Å²) in [6, 6.07) is 13.6. The highest BCUT2D eigenvalue weighted by Crippen LogP contribution is 2.29. The Morgan fingerprint density at radius 3 is 2.65 bits per heavy atom. The highest BCUT2D eigenvalue weighted by atomic mass is 32.2. The molecule has 8 heteroatoms. The Morgan fingerprint density at radius 1 is 1.17 bits per heavy atom. The zero-order valence-electron chi connectivity index (χ0n) is 11.7. The molecular weight excluding hydrogens is 316 g/mol. The number of rotatable bonds is 5. The van der Waals surface area contributed by atoms with Gasteiger partial charge in [-0.2, -0.15) is 0 Å². The van der Waals surface area contributed by atoms with Gasteiger partial charge in [-0.25, -0.2) is 9.67 Å². The third-order valence-corrected chi connectivity index (χ3v) is 3.99. The minimum absolute atomic E-state index is 0.126. The van der Waals surface area contributed by atoms with Gasteiger partial charge in [0, 0.05) is 22.6 Å². The van der Waals surface area contributed by atoms with Crippen LogP contribution in [0.3, 0.4) is 0 Å². The van der Waals surface area contributed by atoms with E-state index in [-0.39, 0.29) is 11.3 Å². The number of nitro groups is 1. The number of carbonyl (C=O) groups is 1. The molecule has 0 aliphatic carbocycles. The molecule has 3 aromatic rings. The summed E-state index contributed by atoms with van der Waals surface area (Å²) in [4.78, 5) is 26.1. The first-order chi connectivity index (χ1) is 11.2. The number of aromatic nitrogens is 3. The number of carbonyl (C=O) groups excluding carboxylic acids is 1. The van der Waals surface area contributed by atoms with Crippen LogP contribution in [-0.2, 0) is 0 Å². The average Bonchev–Trinajstić information content (AvgIpc) is 3.04. The zero-order chi connectivity index (χ0) is 16.2. The quantitative estimate of drug-likeness (QED) is 0.406. The molecule has 0 bridgehead atoms. The minimum Gasteiger partial charge on any atom is -0.298 e. The summed E-state index contributed by atoms with van der Waals surface area (Å²) in [5.41, 5.74) is 0.977. The van der Waals surface area contributed by atoms with Gasteiger partial charge in [0.15, 0.2) is 6.29 Å². The molecule has 0 fully saturated rings. The molecule has 2 aromatic carbocycles. The van der Waals surface area contributed by atoms with Crippen molar-refractivity contribution in [2.45, 2.75) is 10.1 Å². The van der Waals surface area contributed by atoms with Crippen LogP contribution in [0.4, 0.5) is 5.69 Å². The SMILES string of the molecule is O=Cc1cc([N+](=O)[O-])ccc1Sc1ncn(-c2ccccc2)n1. The maximum Gasteiger partial charge on any atom is 0.270 e. The predicted octanol–water partition coefficient (Wildman–Crippen LogP) is 3.14. The number of aldehydes is 1. The van der Waals surface area contributed by atoms with Gasteiger partial charge in [-0.3, -0.25) is 14.9 Å². The van der Waals surface area contributed by atoms with E-state index >= 15 is 0 Å². The van der Waals surface area contributed by atoms with Crippen molar-refractivity contribution in [3.8, 4) is 5.69 Å². The summed E-state index contributed by atoms with van der Waals surface area (Å²) < 4.78 is 1.62. The number of nitrogens with zero attached hydrogens (tertiary/aromatic N) is 4. The zero-order valence-corrected chi connectivity index (χ0v) is 12.5. The molecule has 0 saturated carbocycles. The van der Waals surface area contributed by atoms with Gasteiger partial charge < -0.3 is 0 Å². The molecule has 0 radical (unpaired) electrons. The van der Waals surface area contributed by atoms with Gasteiger partial charge in [0.25, 0.3) is 5.69 Å². The van der Waals surface area contributed by atoms with Crippen molar-refractivity contribution in [3.05, 3.63) is 70.5 Å². The molecule has 3 rings (SSSR count). The summed E-state index contributed by atoms with van der Waals surface area (Å²) >= 11 is 1.18. The van der Waals surface area contributed by atoms with Crippen LogP contribution in [0.15, 0.2) is 64.9 Å². The van der Waals surface area contributed by atoms with Gasteiger partial charge in [0.1, 0.15) is 6.33 Å². The Balaban J connectivity index is 1.87. The fourth-order valence-corrected chi connectivity index (χ4v) is 2.72. The molecule has 0 atom stereocenters. The van der Waals surface area contributed by atoms with Crippen LogP contribution in [0.25, 0.3) is 5.69 Å². The average molecular weight is 326 g/mol. The number of para-hydroxylation sites is 1. The molecule has 1 heterocycles. The lowest BCUT2D eigenvalue weighted by atomic mass is 10.2. The Labute approximate surface area is 135 Å². The van der Waals surface area contributed by atoms with Crippen molar-refractivity contribution in [3.63, 3.8) is 0 Å².